The van der Waals surface area contributed by atoms with Gasteiger partial charge in [0.2, 0.25) is 5.75 Å². The molecule has 0 bridgehead atoms. The van der Waals surface area contributed by atoms with Crippen molar-refractivity contribution < 1.29 is 56.4 Å². The maximum atomic E-state index is 14.8. The Balaban J connectivity index is 1.39. The van der Waals surface area contributed by atoms with Crippen LogP contribution in [0.3, 0.4) is 0 Å². The lowest BCUT2D eigenvalue weighted by Crippen LogP contribution is -2.12. The van der Waals surface area contributed by atoms with Crippen LogP contribution in [0.15, 0.2) is 86.0 Å². The minimum absolute atomic E-state index is 0.0388. The summed E-state index contributed by atoms with van der Waals surface area (Å²) in [4.78, 5) is 47.1. The van der Waals surface area contributed by atoms with E-state index in [1.165, 1.54) is 36.4 Å². The molecule has 50 heavy (non-hydrogen) atoms. The van der Waals surface area contributed by atoms with Crippen molar-refractivity contribution in [3.8, 4) is 23.0 Å². The Kier molecular flexibility index (Phi) is 16.7. The van der Waals surface area contributed by atoms with E-state index in [0.29, 0.717) is 37.9 Å². The molecular formula is C38H40F2O10. The highest BCUT2D eigenvalue weighted by Gasteiger charge is 2.20. The molecule has 0 radical (unpaired) electrons. The highest BCUT2D eigenvalue weighted by atomic mass is 19.1. The van der Waals surface area contributed by atoms with Crippen LogP contribution in [0.25, 0.3) is 0 Å². The van der Waals surface area contributed by atoms with Crippen molar-refractivity contribution in [2.24, 2.45) is 0 Å². The molecule has 0 aliphatic heterocycles. The maximum absolute atomic E-state index is 14.8. The number of esters is 4. The molecule has 0 aromatic heterocycles. The summed E-state index contributed by atoms with van der Waals surface area (Å²) >= 11 is 0. The van der Waals surface area contributed by atoms with Gasteiger partial charge in [-0.15, -0.1) is 0 Å². The predicted octanol–water partition coefficient (Wildman–Crippen LogP) is 7.74. The summed E-state index contributed by atoms with van der Waals surface area (Å²) in [5, 5.41) is 0. The fourth-order valence-corrected chi connectivity index (χ4v) is 4.34. The lowest BCUT2D eigenvalue weighted by Gasteiger charge is -2.11. The number of ether oxygens (including phenoxy) is 6. The van der Waals surface area contributed by atoms with E-state index in [4.69, 9.17) is 28.4 Å². The zero-order valence-corrected chi connectivity index (χ0v) is 27.7. The lowest BCUT2D eigenvalue weighted by atomic mass is 10.2. The molecule has 0 amide bonds. The molecule has 3 aromatic carbocycles. The van der Waals surface area contributed by atoms with Gasteiger partial charge in [-0.1, -0.05) is 13.2 Å². The first-order valence-electron chi connectivity index (χ1n) is 16.2. The molecule has 0 saturated carbocycles. The number of hydrogen-bond acceptors (Lipinski definition) is 10. The monoisotopic (exact) mass is 694 g/mol. The van der Waals surface area contributed by atoms with Crippen molar-refractivity contribution in [2.45, 2.75) is 51.4 Å². The van der Waals surface area contributed by atoms with Gasteiger partial charge in [0, 0.05) is 24.3 Å². The highest BCUT2D eigenvalue weighted by Crippen LogP contribution is 2.29. The summed E-state index contributed by atoms with van der Waals surface area (Å²) in [6.07, 6.45) is 8.77. The zero-order chi connectivity index (χ0) is 36.1. The van der Waals surface area contributed by atoms with Crippen LogP contribution < -0.4 is 18.9 Å². The Morgan fingerprint density at radius 3 is 1.30 bits per heavy atom. The van der Waals surface area contributed by atoms with E-state index in [0.717, 1.165) is 75.7 Å². The zero-order valence-electron chi connectivity index (χ0n) is 27.7. The van der Waals surface area contributed by atoms with Gasteiger partial charge in [-0.05, 0) is 99.9 Å². The Bertz CT molecular complexity index is 1560. The van der Waals surface area contributed by atoms with Gasteiger partial charge in [0.25, 0.3) is 0 Å². The first-order valence-corrected chi connectivity index (χ1v) is 16.2. The number of unbranched alkanes of at least 4 members (excludes halogenated alkanes) is 6. The second kappa shape index (κ2) is 21.5. The minimum Gasteiger partial charge on any atom is -0.494 e. The quantitative estimate of drug-likeness (QED) is 0.0447. The van der Waals surface area contributed by atoms with Gasteiger partial charge in [-0.2, -0.15) is 0 Å². The van der Waals surface area contributed by atoms with E-state index < -0.39 is 47.0 Å². The van der Waals surface area contributed by atoms with E-state index in [1.54, 1.807) is 12.1 Å². The van der Waals surface area contributed by atoms with Crippen molar-refractivity contribution in [1.82, 2.24) is 0 Å². The van der Waals surface area contributed by atoms with E-state index in [1.807, 2.05) is 0 Å². The van der Waals surface area contributed by atoms with Crippen LogP contribution in [0.2, 0.25) is 0 Å². The van der Waals surface area contributed by atoms with E-state index in [9.17, 15) is 28.0 Å². The number of rotatable bonds is 22. The molecule has 10 nitrogen and oxygen atoms in total. The summed E-state index contributed by atoms with van der Waals surface area (Å²) in [6, 6.07) is 13.4. The molecule has 0 N–H and O–H groups in total. The normalized spacial score (nSPS) is 10.4. The molecule has 0 saturated heterocycles. The van der Waals surface area contributed by atoms with E-state index in [-0.39, 0.29) is 11.1 Å². The summed E-state index contributed by atoms with van der Waals surface area (Å²) in [5.41, 5.74) is 0.163. The summed E-state index contributed by atoms with van der Waals surface area (Å²) in [7, 11) is 0. The smallest absolute Gasteiger partial charge is 0.343 e. The van der Waals surface area contributed by atoms with Gasteiger partial charge in [-0.25, -0.2) is 28.0 Å². The molecule has 0 atom stereocenters. The van der Waals surface area contributed by atoms with Gasteiger partial charge in [0.1, 0.15) is 17.2 Å². The molecule has 3 aromatic rings. The standard InChI is InChI=1S/C38H40F2O10/c1-3-34(41)47-23-11-7-5-9-21-45-29-17-13-27(14-18-29)37(43)49-31-25-32(39)36(33(40)26-31)50-38(44)28-15-19-30(20-16-28)46-22-10-6-8-12-24-48-35(42)4-2/h3-4,13-20,25-26H,1-2,5-12,21-24H2. The maximum Gasteiger partial charge on any atom is 0.343 e. The summed E-state index contributed by atoms with van der Waals surface area (Å²) in [5.74, 6) is -5.53. The number of carbonyl (C=O) groups excluding carboxylic acids is 4. The number of halogens is 2. The van der Waals surface area contributed by atoms with Crippen LogP contribution in [0.1, 0.15) is 72.1 Å². The molecule has 0 spiro atoms. The van der Waals surface area contributed by atoms with Crippen molar-refractivity contribution in [3.63, 3.8) is 0 Å². The van der Waals surface area contributed by atoms with Crippen LogP contribution in [0.5, 0.6) is 23.0 Å². The third-order valence-corrected chi connectivity index (χ3v) is 6.99. The van der Waals surface area contributed by atoms with Crippen molar-refractivity contribution in [2.75, 3.05) is 26.4 Å². The Morgan fingerprint density at radius 1 is 0.520 bits per heavy atom. The molecule has 266 valence electrons. The molecule has 12 heteroatoms. The number of carbonyl (C=O) groups is 4. The van der Waals surface area contributed by atoms with Gasteiger partial charge in [0.15, 0.2) is 11.6 Å². The van der Waals surface area contributed by atoms with E-state index in [2.05, 4.69) is 13.2 Å². The molecule has 0 unspecified atom stereocenters. The third kappa shape index (κ3) is 13.9. The molecule has 0 heterocycles. The summed E-state index contributed by atoms with van der Waals surface area (Å²) in [6.45, 7) is 8.24. The van der Waals surface area contributed by atoms with Crippen LogP contribution in [-0.2, 0) is 19.1 Å². The molecular weight excluding hydrogens is 654 g/mol. The SMILES string of the molecule is C=CC(=O)OCCCCCCOc1ccc(C(=O)Oc2cc(F)c(OC(=O)c3ccc(OCCCCCCOC(=O)C=C)cc3)c(F)c2)cc1. The first-order chi connectivity index (χ1) is 24.2. The average Bonchev–Trinajstić information content (AvgIpc) is 3.12. The Labute approximate surface area is 289 Å². The Morgan fingerprint density at radius 2 is 0.900 bits per heavy atom. The number of hydrogen-bond donors (Lipinski definition) is 0. The predicted molar refractivity (Wildman–Crippen MR) is 179 cm³/mol. The fourth-order valence-electron chi connectivity index (χ4n) is 4.34. The highest BCUT2D eigenvalue weighted by molar-refractivity contribution is 5.92. The van der Waals surface area contributed by atoms with Gasteiger partial charge < -0.3 is 28.4 Å². The van der Waals surface area contributed by atoms with Crippen molar-refractivity contribution in [1.29, 1.82) is 0 Å². The topological polar surface area (TPSA) is 124 Å². The second-order valence-electron chi connectivity index (χ2n) is 10.8. The van der Waals surface area contributed by atoms with E-state index >= 15 is 0 Å². The fraction of sp³-hybridized carbons (Fsp3) is 0.316. The average molecular weight is 695 g/mol. The van der Waals surface area contributed by atoms with Gasteiger partial charge in [0.05, 0.1) is 37.6 Å². The van der Waals surface area contributed by atoms with Crippen molar-refractivity contribution in [3.05, 3.63) is 109 Å². The summed E-state index contributed by atoms with van der Waals surface area (Å²) < 4.78 is 60.8. The van der Waals surface area contributed by atoms with Gasteiger partial charge in [-0.3, -0.25) is 0 Å². The van der Waals surface area contributed by atoms with Crippen molar-refractivity contribution >= 4 is 23.9 Å². The van der Waals surface area contributed by atoms with Crippen LogP contribution in [0.4, 0.5) is 8.78 Å². The minimum atomic E-state index is -1.23. The number of benzene rings is 3. The van der Waals surface area contributed by atoms with Gasteiger partial charge >= 0.3 is 23.9 Å². The van der Waals surface area contributed by atoms with Crippen LogP contribution >= 0.6 is 0 Å². The largest absolute Gasteiger partial charge is 0.494 e. The molecule has 3 rings (SSSR count). The Hall–Kier alpha value is -5.52. The molecule has 0 aliphatic rings. The second-order valence-corrected chi connectivity index (χ2v) is 10.8. The lowest BCUT2D eigenvalue weighted by molar-refractivity contribution is -0.138. The first kappa shape index (κ1) is 38.9. The third-order valence-electron chi connectivity index (χ3n) is 6.99. The van der Waals surface area contributed by atoms with Crippen LogP contribution in [0, 0.1) is 11.6 Å². The van der Waals surface area contributed by atoms with Crippen LogP contribution in [-0.4, -0.2) is 50.3 Å². The molecule has 0 aliphatic carbocycles. The molecule has 0 fully saturated rings.